The number of hydrogen-bond donors (Lipinski definition) is 2. The molecule has 0 bridgehead atoms. The predicted octanol–water partition coefficient (Wildman–Crippen LogP) is 0.592. The molecule has 1 aliphatic rings. The van der Waals surface area contributed by atoms with Crippen molar-refractivity contribution in [3.8, 4) is 5.69 Å². The minimum atomic E-state index is -1.01. The van der Waals surface area contributed by atoms with E-state index in [9.17, 15) is 14.0 Å². The molecule has 1 aromatic carbocycles. The summed E-state index contributed by atoms with van der Waals surface area (Å²) in [6.45, 7) is 1.79. The smallest absolute Gasteiger partial charge is 0.333 e. The van der Waals surface area contributed by atoms with Gasteiger partial charge in [0.25, 0.3) is 5.56 Å². The number of anilines is 1. The van der Waals surface area contributed by atoms with Gasteiger partial charge in [0.05, 0.1) is 11.9 Å². The predicted molar refractivity (Wildman–Crippen MR) is 82.0 cm³/mol. The summed E-state index contributed by atoms with van der Waals surface area (Å²) in [5.41, 5.74) is 5.75. The minimum absolute atomic E-state index is 0.262. The third-order valence-electron chi connectivity index (χ3n) is 3.93. The van der Waals surface area contributed by atoms with Crippen LogP contribution >= 0.6 is 0 Å². The molecule has 22 heavy (non-hydrogen) atoms. The molecular formula is C15H17FN4O2. The first-order valence-electron chi connectivity index (χ1n) is 7.17. The van der Waals surface area contributed by atoms with Crippen molar-refractivity contribution in [2.45, 2.75) is 18.9 Å². The first-order valence-corrected chi connectivity index (χ1v) is 7.17. The molecule has 0 atom stereocenters. The summed E-state index contributed by atoms with van der Waals surface area (Å²) in [5, 5.41) is 0. The maximum Gasteiger partial charge on any atom is 0.333 e. The third-order valence-corrected chi connectivity index (χ3v) is 3.93. The summed E-state index contributed by atoms with van der Waals surface area (Å²) in [4.78, 5) is 26.9. The molecule has 0 spiro atoms. The van der Waals surface area contributed by atoms with Crippen LogP contribution in [0.4, 0.5) is 10.1 Å². The van der Waals surface area contributed by atoms with E-state index in [4.69, 9.17) is 5.73 Å². The SMILES string of the molecule is NC1CCN(c2ccc(-n3cc(F)c(=O)[nH]c3=O)cc2)CC1. The second-order valence-electron chi connectivity index (χ2n) is 5.45. The Morgan fingerprint density at radius 2 is 1.68 bits per heavy atom. The highest BCUT2D eigenvalue weighted by Gasteiger charge is 2.16. The fourth-order valence-electron chi connectivity index (χ4n) is 2.62. The zero-order chi connectivity index (χ0) is 15.7. The fourth-order valence-corrected chi connectivity index (χ4v) is 2.62. The van der Waals surface area contributed by atoms with E-state index in [1.165, 1.54) is 0 Å². The molecule has 3 rings (SSSR count). The van der Waals surface area contributed by atoms with E-state index >= 15 is 0 Å². The van der Waals surface area contributed by atoms with Crippen molar-refractivity contribution in [2.24, 2.45) is 5.73 Å². The van der Waals surface area contributed by atoms with Crippen molar-refractivity contribution < 1.29 is 4.39 Å². The number of aromatic amines is 1. The molecule has 6 nitrogen and oxygen atoms in total. The molecule has 1 aliphatic heterocycles. The van der Waals surface area contributed by atoms with Gasteiger partial charge in [-0.15, -0.1) is 0 Å². The molecular weight excluding hydrogens is 287 g/mol. The van der Waals surface area contributed by atoms with Gasteiger partial charge in [-0.2, -0.15) is 4.39 Å². The topological polar surface area (TPSA) is 84.1 Å². The molecule has 0 unspecified atom stereocenters. The second kappa shape index (κ2) is 5.76. The van der Waals surface area contributed by atoms with Crippen molar-refractivity contribution in [2.75, 3.05) is 18.0 Å². The van der Waals surface area contributed by atoms with Gasteiger partial charge in [0.1, 0.15) is 0 Å². The van der Waals surface area contributed by atoms with Gasteiger partial charge in [-0.3, -0.25) is 14.3 Å². The number of nitrogens with one attached hydrogen (secondary N) is 1. The Kier molecular flexibility index (Phi) is 3.81. The first-order chi connectivity index (χ1) is 10.5. The number of rotatable bonds is 2. The van der Waals surface area contributed by atoms with Crippen LogP contribution in [0.3, 0.4) is 0 Å². The number of halogens is 1. The summed E-state index contributed by atoms with van der Waals surface area (Å²) < 4.78 is 14.4. The standard InChI is InChI=1S/C15H17FN4O2/c16-13-9-20(15(22)18-14(13)21)12-3-1-11(2-4-12)19-7-5-10(17)6-8-19/h1-4,9-10H,5-8,17H2,(H,18,21,22). The number of piperidine rings is 1. The second-order valence-corrected chi connectivity index (χ2v) is 5.45. The zero-order valence-electron chi connectivity index (χ0n) is 12.0. The van der Waals surface area contributed by atoms with Crippen molar-refractivity contribution in [3.05, 3.63) is 57.1 Å². The number of H-pyrrole nitrogens is 1. The zero-order valence-corrected chi connectivity index (χ0v) is 12.0. The lowest BCUT2D eigenvalue weighted by Crippen LogP contribution is -2.39. The Morgan fingerprint density at radius 3 is 2.32 bits per heavy atom. The first kappa shape index (κ1) is 14.5. The minimum Gasteiger partial charge on any atom is -0.371 e. The van der Waals surface area contributed by atoms with Crippen molar-refractivity contribution >= 4 is 5.69 Å². The van der Waals surface area contributed by atoms with Crippen LogP contribution in [0.25, 0.3) is 5.69 Å². The fraction of sp³-hybridized carbons (Fsp3) is 0.333. The Labute approximate surface area is 126 Å². The maximum absolute atomic E-state index is 13.3. The monoisotopic (exact) mass is 304 g/mol. The highest BCUT2D eigenvalue weighted by atomic mass is 19.1. The molecule has 1 saturated heterocycles. The van der Waals surface area contributed by atoms with Crippen molar-refractivity contribution in [3.63, 3.8) is 0 Å². The number of aromatic nitrogens is 2. The van der Waals surface area contributed by atoms with Crippen LogP contribution < -0.4 is 21.9 Å². The van der Waals surface area contributed by atoms with E-state index < -0.39 is 17.1 Å². The highest BCUT2D eigenvalue weighted by molar-refractivity contribution is 5.51. The molecule has 0 amide bonds. The van der Waals surface area contributed by atoms with Crippen LogP contribution in [0.15, 0.2) is 40.1 Å². The molecule has 0 radical (unpaired) electrons. The molecule has 2 aromatic rings. The van der Waals surface area contributed by atoms with E-state index in [0.29, 0.717) is 5.69 Å². The average Bonchev–Trinajstić information content (AvgIpc) is 2.52. The van der Waals surface area contributed by atoms with E-state index in [-0.39, 0.29) is 6.04 Å². The lowest BCUT2D eigenvalue weighted by molar-refractivity contribution is 0.501. The van der Waals surface area contributed by atoms with Crippen molar-refractivity contribution in [1.29, 1.82) is 0 Å². The summed E-state index contributed by atoms with van der Waals surface area (Å²) in [6, 6.07) is 7.47. The lowest BCUT2D eigenvalue weighted by atomic mass is 10.1. The number of hydrogen-bond acceptors (Lipinski definition) is 4. The normalized spacial score (nSPS) is 16.0. The highest BCUT2D eigenvalue weighted by Crippen LogP contribution is 2.20. The van der Waals surface area contributed by atoms with Crippen LogP contribution in [-0.4, -0.2) is 28.7 Å². The number of nitrogens with two attached hydrogens (primary N) is 1. The van der Waals surface area contributed by atoms with Gasteiger partial charge in [0.15, 0.2) is 0 Å². The van der Waals surface area contributed by atoms with Gasteiger partial charge in [-0.05, 0) is 37.1 Å². The molecule has 1 aromatic heterocycles. The van der Waals surface area contributed by atoms with E-state index in [1.54, 1.807) is 12.1 Å². The summed E-state index contributed by atoms with van der Waals surface area (Å²) >= 11 is 0. The summed E-state index contributed by atoms with van der Waals surface area (Å²) in [6.07, 6.45) is 2.80. The Balaban J connectivity index is 1.87. The van der Waals surface area contributed by atoms with Gasteiger partial charge in [-0.25, -0.2) is 4.79 Å². The third kappa shape index (κ3) is 2.80. The van der Waals surface area contributed by atoms with Crippen LogP contribution in [0.5, 0.6) is 0 Å². The van der Waals surface area contributed by atoms with Crippen LogP contribution in [0, 0.1) is 5.82 Å². The molecule has 2 heterocycles. The largest absolute Gasteiger partial charge is 0.371 e. The molecule has 3 N–H and O–H groups in total. The molecule has 0 saturated carbocycles. The molecule has 116 valence electrons. The molecule has 1 fully saturated rings. The van der Waals surface area contributed by atoms with Crippen LogP contribution in [-0.2, 0) is 0 Å². The number of benzene rings is 1. The van der Waals surface area contributed by atoms with E-state index in [0.717, 1.165) is 42.4 Å². The van der Waals surface area contributed by atoms with E-state index in [2.05, 4.69) is 4.90 Å². The van der Waals surface area contributed by atoms with Gasteiger partial charge >= 0.3 is 5.69 Å². The summed E-state index contributed by atoms with van der Waals surface area (Å²) in [7, 11) is 0. The molecule has 0 aliphatic carbocycles. The van der Waals surface area contributed by atoms with Gasteiger partial charge < -0.3 is 10.6 Å². The van der Waals surface area contributed by atoms with Gasteiger partial charge in [0.2, 0.25) is 5.82 Å². The Bertz CT molecular complexity index is 773. The average molecular weight is 304 g/mol. The number of nitrogens with zero attached hydrogens (tertiary/aromatic N) is 2. The lowest BCUT2D eigenvalue weighted by Gasteiger charge is -2.32. The van der Waals surface area contributed by atoms with Gasteiger partial charge in [-0.1, -0.05) is 0 Å². The summed E-state index contributed by atoms with van der Waals surface area (Å²) in [5.74, 6) is -0.992. The van der Waals surface area contributed by atoms with Gasteiger partial charge in [0, 0.05) is 24.8 Å². The van der Waals surface area contributed by atoms with Crippen LogP contribution in [0.1, 0.15) is 12.8 Å². The Hall–Kier alpha value is -2.41. The van der Waals surface area contributed by atoms with E-state index in [1.807, 2.05) is 17.1 Å². The quantitative estimate of drug-likeness (QED) is 0.850. The molecule has 7 heteroatoms. The Morgan fingerprint density at radius 1 is 1.09 bits per heavy atom. The van der Waals surface area contributed by atoms with Crippen LogP contribution in [0.2, 0.25) is 0 Å². The maximum atomic E-state index is 13.3. The van der Waals surface area contributed by atoms with Crippen molar-refractivity contribution in [1.82, 2.24) is 9.55 Å².